The van der Waals surface area contributed by atoms with E-state index in [0.29, 0.717) is 11.5 Å². The molecule has 0 saturated heterocycles. The highest BCUT2D eigenvalue weighted by atomic mass is 79.9. The second kappa shape index (κ2) is 8.78. The number of anilines is 2. The molecule has 5 nitrogen and oxygen atoms in total. The van der Waals surface area contributed by atoms with Crippen molar-refractivity contribution < 1.29 is 4.79 Å². The van der Waals surface area contributed by atoms with Crippen LogP contribution in [-0.4, -0.2) is 33.9 Å². The molecule has 2 aromatic rings. The summed E-state index contributed by atoms with van der Waals surface area (Å²) in [6.45, 7) is 7.64. The fraction of sp³-hybridized carbons (Fsp3) is 0.389. The number of aryl methyl sites for hydroxylation is 1. The third-order valence-corrected chi connectivity index (χ3v) is 4.10. The van der Waals surface area contributed by atoms with Crippen LogP contribution < -0.4 is 5.32 Å². The first-order valence-electron chi connectivity index (χ1n) is 8.19. The molecule has 0 aliphatic heterocycles. The number of benzene rings is 1. The molecular formula is C18H23BrN4O. The first-order chi connectivity index (χ1) is 11.5. The number of hydrogen-bond donors (Lipinski definition) is 1. The summed E-state index contributed by atoms with van der Waals surface area (Å²) in [5.74, 6) is 0.573. The summed E-state index contributed by atoms with van der Waals surface area (Å²) in [5.41, 5.74) is 2.47. The Morgan fingerprint density at radius 2 is 1.88 bits per heavy atom. The lowest BCUT2D eigenvalue weighted by molar-refractivity contribution is 0.0749. The van der Waals surface area contributed by atoms with Gasteiger partial charge in [0.25, 0.3) is 5.91 Å². The molecule has 0 fully saturated rings. The van der Waals surface area contributed by atoms with Crippen LogP contribution in [0.2, 0.25) is 0 Å². The van der Waals surface area contributed by atoms with Crippen molar-refractivity contribution in [3.05, 3.63) is 46.3 Å². The van der Waals surface area contributed by atoms with Gasteiger partial charge in [0, 0.05) is 29.3 Å². The summed E-state index contributed by atoms with van der Waals surface area (Å²) in [4.78, 5) is 22.9. The topological polar surface area (TPSA) is 58.1 Å². The Morgan fingerprint density at radius 3 is 2.50 bits per heavy atom. The molecule has 0 saturated carbocycles. The Kier molecular flexibility index (Phi) is 6.73. The Labute approximate surface area is 151 Å². The lowest BCUT2D eigenvalue weighted by atomic mass is 10.2. The van der Waals surface area contributed by atoms with Gasteiger partial charge in [-0.1, -0.05) is 29.8 Å². The summed E-state index contributed by atoms with van der Waals surface area (Å²) in [5, 5.41) is 3.25. The second-order valence-corrected chi connectivity index (χ2v) is 6.58. The predicted octanol–water partition coefficient (Wildman–Crippen LogP) is 4.55. The van der Waals surface area contributed by atoms with Crippen LogP contribution in [0.3, 0.4) is 0 Å². The molecule has 2 rings (SSSR count). The van der Waals surface area contributed by atoms with Crippen molar-refractivity contribution in [3.63, 3.8) is 0 Å². The minimum Gasteiger partial charge on any atom is -0.340 e. The highest BCUT2D eigenvalue weighted by Gasteiger charge is 2.16. The van der Waals surface area contributed by atoms with Gasteiger partial charge in [0.1, 0.15) is 17.8 Å². The average molecular weight is 391 g/mol. The maximum absolute atomic E-state index is 12.6. The summed E-state index contributed by atoms with van der Waals surface area (Å²) in [6, 6.07) is 7.68. The molecule has 0 unspecified atom stereocenters. The quantitative estimate of drug-likeness (QED) is 0.752. The van der Waals surface area contributed by atoms with Crippen molar-refractivity contribution >= 4 is 33.3 Å². The van der Waals surface area contributed by atoms with E-state index in [9.17, 15) is 4.79 Å². The summed E-state index contributed by atoms with van der Waals surface area (Å²) < 4.78 is 1.03. The van der Waals surface area contributed by atoms with E-state index in [1.165, 1.54) is 6.33 Å². The van der Waals surface area contributed by atoms with Crippen molar-refractivity contribution in [2.75, 3.05) is 18.4 Å². The van der Waals surface area contributed by atoms with Gasteiger partial charge in [-0.3, -0.25) is 4.79 Å². The molecule has 1 aromatic carbocycles. The van der Waals surface area contributed by atoms with E-state index in [1.54, 1.807) is 6.07 Å². The summed E-state index contributed by atoms with van der Waals surface area (Å²) in [7, 11) is 0. The van der Waals surface area contributed by atoms with Crippen molar-refractivity contribution in [2.24, 2.45) is 0 Å². The van der Waals surface area contributed by atoms with Crippen LogP contribution in [0.4, 0.5) is 11.5 Å². The Hall–Kier alpha value is -1.95. The number of nitrogens with one attached hydrogen (secondary N) is 1. The van der Waals surface area contributed by atoms with Crippen LogP contribution in [-0.2, 0) is 0 Å². The third-order valence-electron chi connectivity index (χ3n) is 3.61. The van der Waals surface area contributed by atoms with Gasteiger partial charge in [-0.05, 0) is 43.5 Å². The Bertz CT molecular complexity index is 699. The van der Waals surface area contributed by atoms with Crippen molar-refractivity contribution in [1.82, 2.24) is 14.9 Å². The number of carbonyl (C=O) groups is 1. The van der Waals surface area contributed by atoms with Gasteiger partial charge in [0.15, 0.2) is 0 Å². The normalized spacial score (nSPS) is 10.5. The molecule has 1 amide bonds. The fourth-order valence-electron chi connectivity index (χ4n) is 2.46. The van der Waals surface area contributed by atoms with E-state index >= 15 is 0 Å². The summed E-state index contributed by atoms with van der Waals surface area (Å²) >= 11 is 3.45. The van der Waals surface area contributed by atoms with E-state index in [4.69, 9.17) is 0 Å². The van der Waals surface area contributed by atoms with Crippen LogP contribution in [0.5, 0.6) is 0 Å². The molecule has 0 aliphatic rings. The van der Waals surface area contributed by atoms with Gasteiger partial charge in [0.05, 0.1) is 0 Å². The molecule has 0 spiro atoms. The lowest BCUT2D eigenvalue weighted by Crippen LogP contribution is -2.33. The molecule has 0 bridgehead atoms. The molecule has 0 atom stereocenters. The minimum atomic E-state index is -0.0447. The third kappa shape index (κ3) is 4.77. The molecule has 6 heteroatoms. The van der Waals surface area contributed by atoms with E-state index in [2.05, 4.69) is 45.1 Å². The van der Waals surface area contributed by atoms with Crippen LogP contribution in [0.1, 0.15) is 42.7 Å². The summed E-state index contributed by atoms with van der Waals surface area (Å²) in [6.07, 6.45) is 3.29. The number of nitrogens with zero attached hydrogens (tertiary/aromatic N) is 3. The molecular weight excluding hydrogens is 368 g/mol. The van der Waals surface area contributed by atoms with Crippen molar-refractivity contribution in [1.29, 1.82) is 0 Å². The van der Waals surface area contributed by atoms with E-state index in [0.717, 1.165) is 41.7 Å². The van der Waals surface area contributed by atoms with Crippen LogP contribution in [0, 0.1) is 6.92 Å². The first kappa shape index (κ1) is 18.4. The number of aromatic nitrogens is 2. The average Bonchev–Trinajstić information content (AvgIpc) is 2.57. The van der Waals surface area contributed by atoms with Gasteiger partial charge in [-0.25, -0.2) is 9.97 Å². The smallest absolute Gasteiger partial charge is 0.272 e. The SMILES string of the molecule is CCCN(CCC)C(=O)c1cc(Nc2ccc(Br)cc2C)ncn1. The second-order valence-electron chi connectivity index (χ2n) is 5.66. The molecule has 1 aromatic heterocycles. The zero-order chi connectivity index (χ0) is 17.5. The molecule has 1 N–H and O–H groups in total. The monoisotopic (exact) mass is 390 g/mol. The van der Waals surface area contributed by atoms with E-state index in [-0.39, 0.29) is 5.91 Å². The molecule has 128 valence electrons. The van der Waals surface area contributed by atoms with Gasteiger partial charge < -0.3 is 10.2 Å². The number of hydrogen-bond acceptors (Lipinski definition) is 4. The van der Waals surface area contributed by atoms with Gasteiger partial charge in [-0.15, -0.1) is 0 Å². The number of carbonyl (C=O) groups excluding carboxylic acids is 1. The predicted molar refractivity (Wildman–Crippen MR) is 101 cm³/mol. The minimum absolute atomic E-state index is 0.0447. The standard InChI is InChI=1S/C18H23BrN4O/c1-4-8-23(9-5-2)18(24)16-11-17(21-12-20-16)22-15-7-6-14(19)10-13(15)3/h6-7,10-12H,4-5,8-9H2,1-3H3,(H,20,21,22). The zero-order valence-electron chi connectivity index (χ0n) is 14.3. The molecule has 0 radical (unpaired) electrons. The van der Waals surface area contributed by atoms with Crippen LogP contribution in [0.25, 0.3) is 0 Å². The lowest BCUT2D eigenvalue weighted by Gasteiger charge is -2.21. The van der Waals surface area contributed by atoms with Gasteiger partial charge in [-0.2, -0.15) is 0 Å². The number of amides is 1. The van der Waals surface area contributed by atoms with Crippen molar-refractivity contribution in [3.8, 4) is 0 Å². The van der Waals surface area contributed by atoms with E-state index in [1.807, 2.05) is 30.0 Å². The highest BCUT2D eigenvalue weighted by Crippen LogP contribution is 2.23. The Balaban J connectivity index is 2.20. The Morgan fingerprint density at radius 1 is 1.17 bits per heavy atom. The van der Waals surface area contributed by atoms with E-state index < -0.39 is 0 Å². The highest BCUT2D eigenvalue weighted by molar-refractivity contribution is 9.10. The maximum Gasteiger partial charge on any atom is 0.272 e. The molecule has 1 heterocycles. The van der Waals surface area contributed by atoms with Crippen LogP contribution in [0.15, 0.2) is 35.1 Å². The van der Waals surface area contributed by atoms with Crippen LogP contribution >= 0.6 is 15.9 Å². The molecule has 24 heavy (non-hydrogen) atoms. The zero-order valence-corrected chi connectivity index (χ0v) is 15.9. The fourth-order valence-corrected chi connectivity index (χ4v) is 2.94. The number of rotatable bonds is 7. The maximum atomic E-state index is 12.6. The molecule has 0 aliphatic carbocycles. The largest absolute Gasteiger partial charge is 0.340 e. The van der Waals surface area contributed by atoms with Gasteiger partial charge in [0.2, 0.25) is 0 Å². The van der Waals surface area contributed by atoms with Gasteiger partial charge >= 0.3 is 0 Å². The van der Waals surface area contributed by atoms with Crippen molar-refractivity contribution in [2.45, 2.75) is 33.6 Å². The first-order valence-corrected chi connectivity index (χ1v) is 8.99. The number of halogens is 1.